The van der Waals surface area contributed by atoms with Gasteiger partial charge in [0.15, 0.2) is 0 Å². The normalized spacial score (nSPS) is 14.6. The quantitative estimate of drug-likeness (QED) is 0.759. The van der Waals surface area contributed by atoms with Crippen LogP contribution in [0.25, 0.3) is 0 Å². The van der Waals surface area contributed by atoms with Gasteiger partial charge < -0.3 is 10.8 Å². The number of aliphatic hydroxyl groups is 1. The van der Waals surface area contributed by atoms with Crippen molar-refractivity contribution >= 4 is 11.6 Å². The lowest BCUT2D eigenvalue weighted by molar-refractivity contribution is 0.0722. The lowest BCUT2D eigenvalue weighted by Gasteiger charge is -2.30. The molecule has 1 rings (SSSR count). The van der Waals surface area contributed by atoms with E-state index in [0.717, 1.165) is 31.2 Å². The molecular formula is C16H25ClFNO. The fourth-order valence-corrected chi connectivity index (χ4v) is 3.12. The van der Waals surface area contributed by atoms with Crippen molar-refractivity contribution in [1.82, 2.24) is 0 Å². The highest BCUT2D eigenvalue weighted by molar-refractivity contribution is 6.31. The van der Waals surface area contributed by atoms with Crippen LogP contribution in [0.4, 0.5) is 4.39 Å². The summed E-state index contributed by atoms with van der Waals surface area (Å²) in [5.41, 5.74) is 6.57. The molecule has 0 aliphatic rings. The molecule has 4 heteroatoms. The van der Waals surface area contributed by atoms with Crippen molar-refractivity contribution < 1.29 is 9.50 Å². The Kier molecular flexibility index (Phi) is 7.49. The zero-order valence-corrected chi connectivity index (χ0v) is 13.0. The molecule has 114 valence electrons. The third kappa shape index (κ3) is 4.44. The summed E-state index contributed by atoms with van der Waals surface area (Å²) in [6.07, 6.45) is 3.43. The number of hydrogen-bond acceptors (Lipinski definition) is 2. The molecule has 0 saturated carbocycles. The van der Waals surface area contributed by atoms with Crippen LogP contribution >= 0.6 is 11.6 Å². The van der Waals surface area contributed by atoms with Gasteiger partial charge in [0, 0.05) is 17.5 Å². The van der Waals surface area contributed by atoms with Gasteiger partial charge in [-0.1, -0.05) is 44.4 Å². The van der Waals surface area contributed by atoms with E-state index in [2.05, 4.69) is 13.8 Å². The smallest absolute Gasteiger partial charge is 0.124 e. The zero-order valence-electron chi connectivity index (χ0n) is 12.3. The Labute approximate surface area is 126 Å². The molecule has 0 amide bonds. The van der Waals surface area contributed by atoms with Gasteiger partial charge in [0.1, 0.15) is 5.82 Å². The zero-order chi connectivity index (χ0) is 15.1. The van der Waals surface area contributed by atoms with Gasteiger partial charge in [0.2, 0.25) is 0 Å². The molecule has 20 heavy (non-hydrogen) atoms. The largest absolute Gasteiger partial charge is 0.392 e. The first kappa shape index (κ1) is 17.4. The highest BCUT2D eigenvalue weighted by Gasteiger charge is 2.28. The predicted octanol–water partition coefficient (Wildman–Crippen LogP) is 4.10. The second-order valence-electron chi connectivity index (χ2n) is 5.34. The third-order valence-electron chi connectivity index (χ3n) is 3.83. The molecule has 0 aliphatic carbocycles. The van der Waals surface area contributed by atoms with Crippen LogP contribution in [0.3, 0.4) is 0 Å². The first-order chi connectivity index (χ1) is 9.54. The molecule has 0 radical (unpaired) electrons. The topological polar surface area (TPSA) is 46.2 Å². The van der Waals surface area contributed by atoms with Crippen molar-refractivity contribution in [3.63, 3.8) is 0 Å². The van der Waals surface area contributed by atoms with E-state index in [9.17, 15) is 9.50 Å². The Morgan fingerprint density at radius 1 is 1.25 bits per heavy atom. The van der Waals surface area contributed by atoms with Gasteiger partial charge in [0.05, 0.1) is 6.10 Å². The Bertz CT molecular complexity index is 407. The minimum absolute atomic E-state index is 0.208. The molecular weight excluding hydrogens is 277 g/mol. The lowest BCUT2D eigenvalue weighted by atomic mass is 9.81. The first-order valence-electron chi connectivity index (χ1n) is 7.38. The van der Waals surface area contributed by atoms with E-state index in [1.165, 1.54) is 12.1 Å². The van der Waals surface area contributed by atoms with Crippen LogP contribution in [0.15, 0.2) is 18.2 Å². The minimum atomic E-state index is -0.539. The van der Waals surface area contributed by atoms with Crippen LogP contribution in [0.5, 0.6) is 0 Å². The summed E-state index contributed by atoms with van der Waals surface area (Å²) >= 11 is 6.10. The van der Waals surface area contributed by atoms with Gasteiger partial charge >= 0.3 is 0 Å². The molecule has 3 N–H and O–H groups in total. The molecule has 0 fully saturated rings. The van der Waals surface area contributed by atoms with E-state index < -0.39 is 6.10 Å². The molecule has 0 aliphatic heterocycles. The van der Waals surface area contributed by atoms with Crippen molar-refractivity contribution in [2.75, 3.05) is 6.54 Å². The van der Waals surface area contributed by atoms with Gasteiger partial charge in [-0.3, -0.25) is 0 Å². The molecule has 0 heterocycles. The minimum Gasteiger partial charge on any atom is -0.392 e. The van der Waals surface area contributed by atoms with Crippen LogP contribution in [0.2, 0.25) is 5.02 Å². The van der Waals surface area contributed by atoms with E-state index in [-0.39, 0.29) is 17.7 Å². The summed E-state index contributed by atoms with van der Waals surface area (Å²) < 4.78 is 13.1. The average Bonchev–Trinajstić information content (AvgIpc) is 2.41. The number of nitrogens with two attached hydrogens (primary N) is 1. The van der Waals surface area contributed by atoms with E-state index >= 15 is 0 Å². The number of hydrogen-bond donors (Lipinski definition) is 2. The Balaban J connectivity index is 2.97. The highest BCUT2D eigenvalue weighted by Crippen LogP contribution is 2.33. The molecule has 1 aromatic rings. The van der Waals surface area contributed by atoms with E-state index in [1.54, 1.807) is 6.07 Å². The number of benzene rings is 1. The second kappa shape index (κ2) is 8.60. The van der Waals surface area contributed by atoms with Crippen molar-refractivity contribution in [2.24, 2.45) is 11.7 Å². The maximum Gasteiger partial charge on any atom is 0.124 e. The monoisotopic (exact) mass is 301 g/mol. The van der Waals surface area contributed by atoms with Crippen LogP contribution in [0.1, 0.15) is 51.0 Å². The average molecular weight is 302 g/mol. The standard InChI is InChI=1S/C16H25ClFNO/c1-3-5-11(6-4-2)16(20)14(10-19)13-8-7-12(18)9-15(13)17/h7-9,11,14,16,20H,3-6,10,19H2,1-2H3. The number of rotatable bonds is 8. The predicted molar refractivity (Wildman–Crippen MR) is 82.5 cm³/mol. The summed E-state index contributed by atoms with van der Waals surface area (Å²) in [5.74, 6) is -0.409. The Hall–Kier alpha value is -0.640. The molecule has 0 bridgehead atoms. The summed E-state index contributed by atoms with van der Waals surface area (Å²) in [4.78, 5) is 0. The van der Waals surface area contributed by atoms with Gasteiger partial charge in [-0.2, -0.15) is 0 Å². The molecule has 2 unspecified atom stereocenters. The highest BCUT2D eigenvalue weighted by atomic mass is 35.5. The van der Waals surface area contributed by atoms with Gasteiger partial charge in [0.25, 0.3) is 0 Å². The maximum absolute atomic E-state index is 13.1. The summed E-state index contributed by atoms with van der Waals surface area (Å²) in [6.45, 7) is 4.52. The van der Waals surface area contributed by atoms with E-state index in [0.29, 0.717) is 11.6 Å². The molecule has 1 aromatic carbocycles. The SMILES string of the molecule is CCCC(CCC)C(O)C(CN)c1ccc(F)cc1Cl. The van der Waals surface area contributed by atoms with Crippen molar-refractivity contribution in [1.29, 1.82) is 0 Å². The molecule has 2 nitrogen and oxygen atoms in total. The van der Waals surface area contributed by atoms with Crippen molar-refractivity contribution in [3.8, 4) is 0 Å². The maximum atomic E-state index is 13.1. The van der Waals surface area contributed by atoms with Crippen molar-refractivity contribution in [3.05, 3.63) is 34.6 Å². The molecule has 0 aromatic heterocycles. The molecule has 0 spiro atoms. The molecule has 0 saturated heterocycles. The van der Waals surface area contributed by atoms with Crippen LogP contribution < -0.4 is 5.73 Å². The fourth-order valence-electron chi connectivity index (χ4n) is 2.81. The summed E-state index contributed by atoms with van der Waals surface area (Å²) in [5, 5.41) is 11.0. The van der Waals surface area contributed by atoms with Crippen molar-refractivity contribution in [2.45, 2.75) is 51.6 Å². The second-order valence-corrected chi connectivity index (χ2v) is 5.74. The Morgan fingerprint density at radius 3 is 2.30 bits per heavy atom. The summed E-state index contributed by atoms with van der Waals surface area (Å²) in [6, 6.07) is 4.28. The van der Waals surface area contributed by atoms with Gasteiger partial charge in [-0.15, -0.1) is 0 Å². The Morgan fingerprint density at radius 2 is 1.85 bits per heavy atom. The van der Waals surface area contributed by atoms with Crippen LogP contribution in [-0.4, -0.2) is 17.8 Å². The van der Waals surface area contributed by atoms with Crippen LogP contribution in [-0.2, 0) is 0 Å². The number of aliphatic hydroxyl groups excluding tert-OH is 1. The number of halogens is 2. The summed E-state index contributed by atoms with van der Waals surface area (Å²) in [7, 11) is 0. The van der Waals surface area contributed by atoms with Gasteiger partial charge in [-0.25, -0.2) is 4.39 Å². The lowest BCUT2D eigenvalue weighted by Crippen LogP contribution is -2.32. The first-order valence-corrected chi connectivity index (χ1v) is 7.75. The van der Waals surface area contributed by atoms with Crippen LogP contribution in [0, 0.1) is 11.7 Å². The van der Waals surface area contributed by atoms with E-state index in [1.807, 2.05) is 0 Å². The third-order valence-corrected chi connectivity index (χ3v) is 4.16. The van der Waals surface area contributed by atoms with E-state index in [4.69, 9.17) is 17.3 Å². The molecule has 2 atom stereocenters. The van der Waals surface area contributed by atoms with Gasteiger partial charge in [-0.05, 0) is 36.5 Å². The fraction of sp³-hybridized carbons (Fsp3) is 0.625.